The molecule has 1 heterocycles. The Kier molecular flexibility index (Phi) is 5.33. The number of aryl methyl sites for hydroxylation is 1. The molecule has 1 aliphatic heterocycles. The van der Waals surface area contributed by atoms with Gasteiger partial charge in [0, 0.05) is 18.8 Å². The van der Waals surface area contributed by atoms with Crippen LogP contribution in [0.2, 0.25) is 0 Å². The van der Waals surface area contributed by atoms with Crippen molar-refractivity contribution in [1.29, 1.82) is 0 Å². The van der Waals surface area contributed by atoms with Crippen molar-refractivity contribution in [3.05, 3.63) is 29.8 Å². The molecule has 1 N–H and O–H groups in total. The van der Waals surface area contributed by atoms with E-state index in [1.54, 1.807) is 4.90 Å². The summed E-state index contributed by atoms with van der Waals surface area (Å²) in [4.78, 5) is 25.1. The van der Waals surface area contributed by atoms with Crippen LogP contribution in [0.3, 0.4) is 0 Å². The first-order valence-electron chi connectivity index (χ1n) is 7.36. The standard InChI is InChI=1S/C16H21NO4/c1-2-12-6-3-4-7-13(12)17(10-9-15(18)19)16(20)14-8-5-11-21-14/h3-4,6-7,14H,2,5,8-11H2,1H3,(H,18,19). The first kappa shape index (κ1) is 15.5. The van der Waals surface area contributed by atoms with E-state index in [0.29, 0.717) is 13.0 Å². The van der Waals surface area contributed by atoms with Gasteiger partial charge < -0.3 is 14.7 Å². The van der Waals surface area contributed by atoms with E-state index in [1.165, 1.54) is 0 Å². The van der Waals surface area contributed by atoms with Gasteiger partial charge in [-0.3, -0.25) is 9.59 Å². The number of hydrogen-bond acceptors (Lipinski definition) is 3. The lowest BCUT2D eigenvalue weighted by molar-refractivity contribution is -0.136. The zero-order valence-electron chi connectivity index (χ0n) is 12.2. The molecular weight excluding hydrogens is 270 g/mol. The lowest BCUT2D eigenvalue weighted by atomic mass is 10.1. The summed E-state index contributed by atoms with van der Waals surface area (Å²) in [6, 6.07) is 7.62. The number of ether oxygens (including phenoxy) is 1. The van der Waals surface area contributed by atoms with Crippen LogP contribution in [-0.2, 0) is 20.7 Å². The van der Waals surface area contributed by atoms with Gasteiger partial charge in [0.1, 0.15) is 6.10 Å². The van der Waals surface area contributed by atoms with Gasteiger partial charge in [-0.1, -0.05) is 25.1 Å². The third-order valence-corrected chi connectivity index (χ3v) is 3.68. The van der Waals surface area contributed by atoms with E-state index in [1.807, 2.05) is 31.2 Å². The Morgan fingerprint density at radius 3 is 2.76 bits per heavy atom. The lowest BCUT2D eigenvalue weighted by Crippen LogP contribution is -2.40. The number of rotatable bonds is 6. The zero-order valence-corrected chi connectivity index (χ0v) is 12.2. The number of anilines is 1. The normalized spacial score (nSPS) is 17.7. The maximum Gasteiger partial charge on any atom is 0.305 e. The van der Waals surface area contributed by atoms with Crippen LogP contribution < -0.4 is 4.90 Å². The Morgan fingerprint density at radius 1 is 1.38 bits per heavy atom. The van der Waals surface area contributed by atoms with E-state index in [2.05, 4.69) is 0 Å². The monoisotopic (exact) mass is 291 g/mol. The summed E-state index contributed by atoms with van der Waals surface area (Å²) in [6.07, 6.45) is 1.85. The first-order chi connectivity index (χ1) is 10.1. The predicted molar refractivity (Wildman–Crippen MR) is 79.4 cm³/mol. The molecule has 5 nitrogen and oxygen atoms in total. The minimum Gasteiger partial charge on any atom is -0.481 e. The topological polar surface area (TPSA) is 66.8 Å². The van der Waals surface area contributed by atoms with Crippen LogP contribution >= 0.6 is 0 Å². The predicted octanol–water partition coefficient (Wildman–Crippen LogP) is 2.24. The molecule has 5 heteroatoms. The first-order valence-corrected chi connectivity index (χ1v) is 7.36. The van der Waals surface area contributed by atoms with E-state index in [0.717, 1.165) is 24.1 Å². The molecule has 0 aliphatic carbocycles. The van der Waals surface area contributed by atoms with E-state index >= 15 is 0 Å². The van der Waals surface area contributed by atoms with Crippen LogP contribution in [0.5, 0.6) is 0 Å². The highest BCUT2D eigenvalue weighted by atomic mass is 16.5. The number of nitrogens with zero attached hydrogens (tertiary/aromatic N) is 1. The molecule has 0 radical (unpaired) electrons. The number of amides is 1. The average molecular weight is 291 g/mol. The maximum absolute atomic E-state index is 12.6. The van der Waals surface area contributed by atoms with Gasteiger partial charge in [-0.05, 0) is 30.9 Å². The number of benzene rings is 1. The van der Waals surface area contributed by atoms with Gasteiger partial charge in [-0.25, -0.2) is 0 Å². The molecule has 1 unspecified atom stereocenters. The summed E-state index contributed by atoms with van der Waals surface area (Å²) in [6.45, 7) is 2.79. The third-order valence-electron chi connectivity index (χ3n) is 3.68. The van der Waals surface area contributed by atoms with Crippen molar-refractivity contribution >= 4 is 17.6 Å². The van der Waals surface area contributed by atoms with Crippen molar-refractivity contribution in [2.24, 2.45) is 0 Å². The molecule has 1 amide bonds. The Morgan fingerprint density at radius 2 is 2.14 bits per heavy atom. The molecule has 1 aromatic rings. The molecule has 0 bridgehead atoms. The van der Waals surface area contributed by atoms with Gasteiger partial charge in [0.15, 0.2) is 0 Å². The second-order valence-electron chi connectivity index (χ2n) is 5.12. The highest BCUT2D eigenvalue weighted by molar-refractivity contribution is 5.97. The molecule has 1 aliphatic rings. The van der Waals surface area contributed by atoms with E-state index < -0.39 is 12.1 Å². The van der Waals surface area contributed by atoms with E-state index in [-0.39, 0.29) is 18.9 Å². The largest absolute Gasteiger partial charge is 0.481 e. The van der Waals surface area contributed by atoms with E-state index in [9.17, 15) is 9.59 Å². The fourth-order valence-electron chi connectivity index (χ4n) is 2.58. The quantitative estimate of drug-likeness (QED) is 0.873. The summed E-state index contributed by atoms with van der Waals surface area (Å²) >= 11 is 0. The fourth-order valence-corrected chi connectivity index (χ4v) is 2.58. The van der Waals surface area contributed by atoms with Crippen molar-refractivity contribution in [2.75, 3.05) is 18.1 Å². The Bertz CT molecular complexity index is 509. The molecule has 1 saturated heterocycles. The van der Waals surface area contributed by atoms with E-state index in [4.69, 9.17) is 9.84 Å². The number of carbonyl (C=O) groups excluding carboxylic acids is 1. The highest BCUT2D eigenvalue weighted by Gasteiger charge is 2.30. The number of aliphatic carboxylic acids is 1. The maximum atomic E-state index is 12.6. The molecule has 0 spiro atoms. The van der Waals surface area contributed by atoms with Crippen molar-refractivity contribution in [2.45, 2.75) is 38.7 Å². The summed E-state index contributed by atoms with van der Waals surface area (Å²) in [5, 5.41) is 8.91. The smallest absolute Gasteiger partial charge is 0.305 e. The molecule has 0 saturated carbocycles. The molecule has 1 atom stereocenters. The minimum atomic E-state index is -0.908. The summed E-state index contributed by atoms with van der Waals surface area (Å²) in [7, 11) is 0. The van der Waals surface area contributed by atoms with Gasteiger partial charge in [-0.15, -0.1) is 0 Å². The summed E-state index contributed by atoms with van der Waals surface area (Å²) < 4.78 is 5.46. The number of carboxylic acid groups (broad SMARTS) is 1. The molecular formula is C16H21NO4. The Labute approximate surface area is 124 Å². The molecule has 114 valence electrons. The second-order valence-corrected chi connectivity index (χ2v) is 5.12. The van der Waals surface area contributed by atoms with Gasteiger partial charge in [0.05, 0.1) is 6.42 Å². The molecule has 2 rings (SSSR count). The zero-order chi connectivity index (χ0) is 15.2. The van der Waals surface area contributed by atoms with Crippen LogP contribution in [0.25, 0.3) is 0 Å². The van der Waals surface area contributed by atoms with Crippen LogP contribution in [0.4, 0.5) is 5.69 Å². The molecule has 0 aromatic heterocycles. The summed E-state index contributed by atoms with van der Waals surface area (Å²) in [5.74, 6) is -1.04. The van der Waals surface area contributed by atoms with Crippen LogP contribution in [0, 0.1) is 0 Å². The average Bonchev–Trinajstić information content (AvgIpc) is 3.01. The highest BCUT2D eigenvalue weighted by Crippen LogP contribution is 2.24. The van der Waals surface area contributed by atoms with Crippen molar-refractivity contribution < 1.29 is 19.4 Å². The number of hydrogen-bond donors (Lipinski definition) is 1. The minimum absolute atomic E-state index is 0.0729. The van der Waals surface area contributed by atoms with Gasteiger partial charge >= 0.3 is 5.97 Å². The van der Waals surface area contributed by atoms with Gasteiger partial charge in [-0.2, -0.15) is 0 Å². The Balaban J connectivity index is 2.25. The van der Waals surface area contributed by atoms with Gasteiger partial charge in [0.25, 0.3) is 5.91 Å². The van der Waals surface area contributed by atoms with Crippen molar-refractivity contribution in [3.63, 3.8) is 0 Å². The van der Waals surface area contributed by atoms with Gasteiger partial charge in [0.2, 0.25) is 0 Å². The van der Waals surface area contributed by atoms with Crippen LogP contribution in [-0.4, -0.2) is 36.2 Å². The van der Waals surface area contributed by atoms with Crippen molar-refractivity contribution in [1.82, 2.24) is 0 Å². The molecule has 1 fully saturated rings. The SMILES string of the molecule is CCc1ccccc1N(CCC(=O)O)C(=O)C1CCCO1. The number of para-hydroxylation sites is 1. The molecule has 21 heavy (non-hydrogen) atoms. The third kappa shape index (κ3) is 3.82. The lowest BCUT2D eigenvalue weighted by Gasteiger charge is -2.27. The second kappa shape index (κ2) is 7.22. The number of carboxylic acids is 1. The van der Waals surface area contributed by atoms with Crippen molar-refractivity contribution in [3.8, 4) is 0 Å². The summed E-state index contributed by atoms with van der Waals surface area (Å²) in [5.41, 5.74) is 1.83. The fraction of sp³-hybridized carbons (Fsp3) is 0.500. The molecule has 1 aromatic carbocycles. The Hall–Kier alpha value is -1.88. The van der Waals surface area contributed by atoms with Crippen LogP contribution in [0.15, 0.2) is 24.3 Å². The van der Waals surface area contributed by atoms with Crippen LogP contribution in [0.1, 0.15) is 31.7 Å². The number of carbonyl (C=O) groups is 2.